The zero-order valence-electron chi connectivity index (χ0n) is 20.5. The van der Waals surface area contributed by atoms with Crippen LogP contribution in [0.2, 0.25) is 0 Å². The predicted molar refractivity (Wildman–Crippen MR) is 137 cm³/mol. The number of hydrogen-bond donors (Lipinski definition) is 2. The maximum Gasteiger partial charge on any atom is 0.255 e. The molecule has 0 aliphatic heterocycles. The molecule has 4 rings (SSSR count). The van der Waals surface area contributed by atoms with E-state index in [1.54, 1.807) is 6.20 Å². The molecule has 0 bridgehead atoms. The molecule has 2 heterocycles. The van der Waals surface area contributed by atoms with Crippen LogP contribution in [0.1, 0.15) is 53.5 Å². The number of benzene rings is 2. The highest BCUT2D eigenvalue weighted by Gasteiger charge is 2.23. The van der Waals surface area contributed by atoms with Crippen LogP contribution < -0.4 is 11.1 Å². The number of nitrogen functional groups attached to an aromatic ring is 1. The molecule has 0 radical (unpaired) electrons. The number of carbonyl (C=O) groups is 2. The average Bonchev–Trinajstić information content (AvgIpc) is 2.89. The minimum atomic E-state index is -1.02. The Bertz CT molecular complexity index is 1440. The van der Waals surface area contributed by atoms with E-state index in [0.717, 1.165) is 28.5 Å². The Labute approximate surface area is 213 Å². The molecule has 1 atom stereocenters. The standard InChI is InChI=1S/C28H27F2N5O2/c1-16(2)27-33-14-20(15-34-27)28(37)35-24(13-18-4-7-22(29)23(30)12-18)25(36)8-5-17-3-6-21-19(11-17)9-10-32-26(21)31/h3-4,6-7,9-12,14-16,24H,5,8,13H2,1-2H3,(H2,31,32)(H,35,37)/t24-/m0/s1. The third-order valence-corrected chi connectivity index (χ3v) is 6.09. The number of carbonyl (C=O) groups excluding carboxylic acids is 2. The number of nitrogens with zero attached hydrogens (tertiary/aromatic N) is 3. The predicted octanol–water partition coefficient (Wildman–Crippen LogP) is 4.55. The van der Waals surface area contributed by atoms with Gasteiger partial charge in [0.2, 0.25) is 0 Å². The number of aryl methyl sites for hydroxylation is 1. The topological polar surface area (TPSA) is 111 Å². The van der Waals surface area contributed by atoms with Gasteiger partial charge >= 0.3 is 0 Å². The molecule has 9 heteroatoms. The molecule has 190 valence electrons. The second-order valence-corrected chi connectivity index (χ2v) is 9.18. The lowest BCUT2D eigenvalue weighted by Gasteiger charge is -2.18. The van der Waals surface area contributed by atoms with Gasteiger partial charge in [0.15, 0.2) is 17.4 Å². The van der Waals surface area contributed by atoms with Crippen molar-refractivity contribution in [3.05, 3.63) is 95.2 Å². The summed E-state index contributed by atoms with van der Waals surface area (Å²) < 4.78 is 27.2. The van der Waals surface area contributed by atoms with E-state index in [9.17, 15) is 18.4 Å². The molecule has 0 saturated carbocycles. The lowest BCUT2D eigenvalue weighted by atomic mass is 9.96. The number of pyridine rings is 1. The zero-order valence-corrected chi connectivity index (χ0v) is 20.5. The van der Waals surface area contributed by atoms with Crippen LogP contribution in [0.4, 0.5) is 14.6 Å². The molecule has 7 nitrogen and oxygen atoms in total. The number of halogens is 2. The van der Waals surface area contributed by atoms with Crippen LogP contribution in [-0.2, 0) is 17.6 Å². The fraction of sp³-hybridized carbons (Fsp3) is 0.250. The molecule has 0 aliphatic rings. The van der Waals surface area contributed by atoms with E-state index in [4.69, 9.17) is 5.73 Å². The summed E-state index contributed by atoms with van der Waals surface area (Å²) in [7, 11) is 0. The van der Waals surface area contributed by atoms with Crippen LogP contribution in [0.25, 0.3) is 10.8 Å². The molecule has 0 saturated heterocycles. The summed E-state index contributed by atoms with van der Waals surface area (Å²) in [6, 6.07) is 10.00. The highest BCUT2D eigenvalue weighted by Crippen LogP contribution is 2.21. The second-order valence-electron chi connectivity index (χ2n) is 9.18. The first kappa shape index (κ1) is 25.8. The van der Waals surface area contributed by atoms with Crippen LogP contribution >= 0.6 is 0 Å². The van der Waals surface area contributed by atoms with Crippen molar-refractivity contribution in [2.24, 2.45) is 0 Å². The van der Waals surface area contributed by atoms with Crippen molar-refractivity contribution in [1.29, 1.82) is 0 Å². The van der Waals surface area contributed by atoms with Crippen LogP contribution in [0.15, 0.2) is 61.1 Å². The van der Waals surface area contributed by atoms with Gasteiger partial charge in [0, 0.05) is 36.3 Å². The second kappa shape index (κ2) is 11.2. The van der Waals surface area contributed by atoms with Crippen molar-refractivity contribution in [1.82, 2.24) is 20.3 Å². The molecule has 0 spiro atoms. The van der Waals surface area contributed by atoms with Gasteiger partial charge in [0.1, 0.15) is 11.6 Å². The Morgan fingerprint density at radius 3 is 2.38 bits per heavy atom. The van der Waals surface area contributed by atoms with Crippen molar-refractivity contribution in [3.8, 4) is 0 Å². The van der Waals surface area contributed by atoms with E-state index >= 15 is 0 Å². The lowest BCUT2D eigenvalue weighted by Crippen LogP contribution is -2.42. The SMILES string of the molecule is CC(C)c1ncc(C(=O)N[C@@H](Cc2ccc(F)c(F)c2)C(=O)CCc2ccc3c(N)nccc3c2)cn1. The minimum Gasteiger partial charge on any atom is -0.383 e. The van der Waals surface area contributed by atoms with Crippen LogP contribution in [0.3, 0.4) is 0 Å². The molecule has 4 aromatic rings. The van der Waals surface area contributed by atoms with Crippen LogP contribution in [0.5, 0.6) is 0 Å². The van der Waals surface area contributed by atoms with Gasteiger partial charge in [-0.1, -0.05) is 38.1 Å². The van der Waals surface area contributed by atoms with Gasteiger partial charge in [-0.2, -0.15) is 0 Å². The Morgan fingerprint density at radius 1 is 0.946 bits per heavy atom. The third-order valence-electron chi connectivity index (χ3n) is 6.09. The molecule has 37 heavy (non-hydrogen) atoms. The van der Waals surface area contributed by atoms with E-state index < -0.39 is 23.6 Å². The van der Waals surface area contributed by atoms with Crippen LogP contribution in [-0.4, -0.2) is 32.7 Å². The third kappa shape index (κ3) is 6.30. The number of amides is 1. The van der Waals surface area contributed by atoms with Gasteiger partial charge in [-0.05, 0) is 47.6 Å². The number of Topliss-reactive ketones (excluding diaryl/α,β-unsaturated/α-hetero) is 1. The number of ketones is 1. The number of aromatic nitrogens is 3. The van der Waals surface area contributed by atoms with E-state index in [1.165, 1.54) is 18.5 Å². The first-order valence-electron chi connectivity index (χ1n) is 11.9. The Kier molecular flexibility index (Phi) is 7.81. The molecule has 0 fully saturated rings. The Morgan fingerprint density at radius 2 is 1.68 bits per heavy atom. The summed E-state index contributed by atoms with van der Waals surface area (Å²) >= 11 is 0. The normalized spacial score (nSPS) is 12.0. The van der Waals surface area contributed by atoms with Crippen molar-refractivity contribution >= 4 is 28.3 Å². The maximum atomic E-state index is 13.8. The fourth-order valence-corrected chi connectivity index (χ4v) is 3.99. The van der Waals surface area contributed by atoms with Gasteiger partial charge in [-0.15, -0.1) is 0 Å². The molecule has 2 aromatic heterocycles. The van der Waals surface area contributed by atoms with Gasteiger partial charge in [-0.25, -0.2) is 23.7 Å². The first-order chi connectivity index (χ1) is 17.7. The molecular weight excluding hydrogens is 476 g/mol. The number of hydrogen-bond acceptors (Lipinski definition) is 6. The lowest BCUT2D eigenvalue weighted by molar-refractivity contribution is -0.120. The number of rotatable bonds is 9. The van der Waals surface area contributed by atoms with Crippen molar-refractivity contribution in [2.75, 3.05) is 5.73 Å². The molecule has 0 aliphatic carbocycles. The van der Waals surface area contributed by atoms with E-state index in [1.807, 2.05) is 38.1 Å². The summed E-state index contributed by atoms with van der Waals surface area (Å²) in [5.74, 6) is -1.64. The number of nitrogens with one attached hydrogen (secondary N) is 1. The molecule has 2 aromatic carbocycles. The first-order valence-corrected chi connectivity index (χ1v) is 11.9. The van der Waals surface area contributed by atoms with Crippen molar-refractivity contribution < 1.29 is 18.4 Å². The number of fused-ring (bicyclic) bond motifs is 1. The van der Waals surface area contributed by atoms with Crippen molar-refractivity contribution in [3.63, 3.8) is 0 Å². The Hall–Kier alpha value is -4.27. The summed E-state index contributed by atoms with van der Waals surface area (Å²) in [5, 5.41) is 4.46. The molecule has 0 unspecified atom stereocenters. The van der Waals surface area contributed by atoms with Gasteiger partial charge in [0.05, 0.1) is 11.6 Å². The minimum absolute atomic E-state index is 0.00658. The quantitative estimate of drug-likeness (QED) is 0.347. The molecule has 3 N–H and O–H groups in total. The van der Waals surface area contributed by atoms with Gasteiger partial charge in [-0.3, -0.25) is 9.59 Å². The molecular formula is C28H27F2N5O2. The zero-order chi connectivity index (χ0) is 26.5. The van der Waals surface area contributed by atoms with E-state index in [2.05, 4.69) is 20.3 Å². The van der Waals surface area contributed by atoms with Gasteiger partial charge < -0.3 is 11.1 Å². The maximum absolute atomic E-state index is 13.8. The summed E-state index contributed by atoms with van der Waals surface area (Å²) in [6.07, 6.45) is 5.00. The van der Waals surface area contributed by atoms with E-state index in [-0.39, 0.29) is 30.1 Å². The highest BCUT2D eigenvalue weighted by molar-refractivity contribution is 5.97. The summed E-state index contributed by atoms with van der Waals surface area (Å²) in [5.41, 5.74) is 7.42. The monoisotopic (exact) mass is 503 g/mol. The van der Waals surface area contributed by atoms with E-state index in [0.29, 0.717) is 23.6 Å². The van der Waals surface area contributed by atoms with Crippen molar-refractivity contribution in [2.45, 2.75) is 45.1 Å². The Balaban J connectivity index is 1.51. The van der Waals surface area contributed by atoms with Crippen LogP contribution in [0, 0.1) is 11.6 Å². The number of nitrogens with two attached hydrogens (primary N) is 1. The van der Waals surface area contributed by atoms with Gasteiger partial charge in [0.25, 0.3) is 5.91 Å². The molecule has 1 amide bonds. The smallest absolute Gasteiger partial charge is 0.255 e. The summed E-state index contributed by atoms with van der Waals surface area (Å²) in [4.78, 5) is 38.6. The number of anilines is 1. The largest absolute Gasteiger partial charge is 0.383 e. The summed E-state index contributed by atoms with van der Waals surface area (Å²) in [6.45, 7) is 3.87. The average molecular weight is 504 g/mol. The fourth-order valence-electron chi connectivity index (χ4n) is 3.99. The highest BCUT2D eigenvalue weighted by atomic mass is 19.2.